The third kappa shape index (κ3) is 2.69. The molecule has 0 spiro atoms. The lowest BCUT2D eigenvalue weighted by atomic mass is 10.1. The maximum Gasteiger partial charge on any atom is 0.114 e. The molecule has 0 unspecified atom stereocenters. The second kappa shape index (κ2) is 4.27. The van der Waals surface area contributed by atoms with Crippen molar-refractivity contribution in [1.29, 1.82) is 0 Å². The average Bonchev–Trinajstić information content (AvgIpc) is 2.74. The Bertz CT molecular complexity index is 486. The molecule has 2 rings (SSSR count). The molecule has 0 radical (unpaired) electrons. The van der Waals surface area contributed by atoms with Crippen molar-refractivity contribution in [2.45, 2.75) is 26.0 Å². The maximum atomic E-state index is 9.75. The van der Waals surface area contributed by atoms with E-state index in [-0.39, 0.29) is 0 Å². The van der Waals surface area contributed by atoms with Gasteiger partial charge in [0, 0.05) is 0 Å². The Morgan fingerprint density at radius 2 is 2.31 bits per heavy atom. The first-order valence-electron chi connectivity index (χ1n) is 4.81. The van der Waals surface area contributed by atoms with Crippen molar-refractivity contribution in [3.05, 3.63) is 32.7 Å². The lowest BCUT2D eigenvalue weighted by Crippen LogP contribution is -2.15. The minimum Gasteiger partial charge on any atom is -0.384 e. The standard InChI is InChI=1S/C10H12BrN3OS/c1-10(2,15)8-5-14(13-12-8)4-7-3-9(11)16-6-7/h3,5-6,15H,4H2,1-2H3. The molecule has 16 heavy (non-hydrogen) atoms. The van der Waals surface area contributed by atoms with Crippen molar-refractivity contribution in [1.82, 2.24) is 15.0 Å². The van der Waals surface area contributed by atoms with Gasteiger partial charge in [0.25, 0.3) is 0 Å². The van der Waals surface area contributed by atoms with E-state index in [9.17, 15) is 5.11 Å². The Kier molecular flexibility index (Phi) is 3.14. The highest BCUT2D eigenvalue weighted by atomic mass is 79.9. The van der Waals surface area contributed by atoms with Crippen LogP contribution in [-0.4, -0.2) is 20.1 Å². The van der Waals surface area contributed by atoms with Crippen molar-refractivity contribution in [2.24, 2.45) is 0 Å². The van der Waals surface area contributed by atoms with E-state index in [0.717, 1.165) is 3.79 Å². The molecule has 6 heteroatoms. The molecule has 86 valence electrons. The zero-order chi connectivity index (χ0) is 11.8. The zero-order valence-corrected chi connectivity index (χ0v) is 11.4. The Hall–Kier alpha value is -0.720. The van der Waals surface area contributed by atoms with Crippen LogP contribution < -0.4 is 0 Å². The molecule has 0 aliphatic rings. The van der Waals surface area contributed by atoms with Gasteiger partial charge in [-0.05, 0) is 46.8 Å². The fourth-order valence-corrected chi connectivity index (χ4v) is 2.47. The lowest BCUT2D eigenvalue weighted by Gasteiger charge is -2.11. The highest BCUT2D eigenvalue weighted by molar-refractivity contribution is 9.11. The summed E-state index contributed by atoms with van der Waals surface area (Å²) in [4.78, 5) is 0. The first-order valence-corrected chi connectivity index (χ1v) is 6.48. The predicted octanol–water partition coefficient (Wildman–Crippen LogP) is 2.38. The van der Waals surface area contributed by atoms with Crippen LogP contribution in [-0.2, 0) is 12.1 Å². The number of hydrogen-bond donors (Lipinski definition) is 1. The van der Waals surface area contributed by atoms with E-state index >= 15 is 0 Å². The normalized spacial score (nSPS) is 12.0. The molecule has 0 saturated carbocycles. The molecule has 1 N–H and O–H groups in total. The van der Waals surface area contributed by atoms with Gasteiger partial charge in [-0.25, -0.2) is 4.68 Å². The van der Waals surface area contributed by atoms with Gasteiger partial charge in [0.15, 0.2) is 0 Å². The van der Waals surface area contributed by atoms with Crippen LogP contribution >= 0.6 is 27.3 Å². The molecule has 0 saturated heterocycles. The van der Waals surface area contributed by atoms with Crippen LogP contribution in [0, 0.1) is 0 Å². The van der Waals surface area contributed by atoms with E-state index in [2.05, 4.69) is 37.7 Å². The van der Waals surface area contributed by atoms with Crippen LogP contribution in [0.25, 0.3) is 0 Å². The number of halogens is 1. The van der Waals surface area contributed by atoms with Crippen LogP contribution in [0.1, 0.15) is 25.1 Å². The van der Waals surface area contributed by atoms with Gasteiger partial charge in [0.1, 0.15) is 11.3 Å². The van der Waals surface area contributed by atoms with Crippen LogP contribution in [0.2, 0.25) is 0 Å². The summed E-state index contributed by atoms with van der Waals surface area (Å²) in [5, 5.41) is 19.7. The quantitative estimate of drug-likeness (QED) is 0.947. The summed E-state index contributed by atoms with van der Waals surface area (Å²) in [6, 6.07) is 2.05. The predicted molar refractivity (Wildman–Crippen MR) is 66.4 cm³/mol. The highest BCUT2D eigenvalue weighted by Crippen LogP contribution is 2.21. The molecule has 0 aliphatic carbocycles. The maximum absolute atomic E-state index is 9.75. The molecule has 0 aromatic carbocycles. The van der Waals surface area contributed by atoms with Crippen molar-refractivity contribution in [2.75, 3.05) is 0 Å². The molecule has 0 bridgehead atoms. The summed E-state index contributed by atoms with van der Waals surface area (Å²) >= 11 is 5.06. The van der Waals surface area contributed by atoms with Gasteiger partial charge >= 0.3 is 0 Å². The molecular weight excluding hydrogens is 290 g/mol. The van der Waals surface area contributed by atoms with Gasteiger partial charge < -0.3 is 5.11 Å². The van der Waals surface area contributed by atoms with E-state index in [4.69, 9.17) is 0 Å². The second-order valence-corrected chi connectivity index (χ2v) is 6.41. The van der Waals surface area contributed by atoms with Gasteiger partial charge in [0.05, 0.1) is 16.5 Å². The summed E-state index contributed by atoms with van der Waals surface area (Å²) in [7, 11) is 0. The van der Waals surface area contributed by atoms with E-state index in [1.807, 2.05) is 0 Å². The molecule has 0 atom stereocenters. The lowest BCUT2D eigenvalue weighted by molar-refractivity contribution is 0.0737. The van der Waals surface area contributed by atoms with Crippen molar-refractivity contribution >= 4 is 27.3 Å². The second-order valence-electron chi connectivity index (χ2n) is 4.12. The molecule has 0 amide bonds. The molecule has 4 nitrogen and oxygen atoms in total. The SMILES string of the molecule is CC(C)(O)c1cn(Cc2csc(Br)c2)nn1. The van der Waals surface area contributed by atoms with Crippen molar-refractivity contribution in [3.8, 4) is 0 Å². The molecule has 2 aromatic heterocycles. The number of aliphatic hydroxyl groups is 1. The third-order valence-electron chi connectivity index (χ3n) is 2.13. The van der Waals surface area contributed by atoms with Crippen molar-refractivity contribution < 1.29 is 5.11 Å². The van der Waals surface area contributed by atoms with Crippen molar-refractivity contribution in [3.63, 3.8) is 0 Å². The first kappa shape index (κ1) is 11.8. The van der Waals surface area contributed by atoms with E-state index in [1.165, 1.54) is 5.56 Å². The number of thiophene rings is 1. The van der Waals surface area contributed by atoms with Gasteiger partial charge in [-0.3, -0.25) is 0 Å². The minimum atomic E-state index is -0.937. The minimum absolute atomic E-state index is 0.585. The monoisotopic (exact) mass is 301 g/mol. The summed E-state index contributed by atoms with van der Waals surface area (Å²) in [6.45, 7) is 4.07. The molecule has 0 fully saturated rings. The van der Waals surface area contributed by atoms with Gasteiger partial charge in [-0.1, -0.05) is 5.21 Å². The summed E-state index contributed by atoms with van der Waals surface area (Å²) in [6.07, 6.45) is 1.77. The zero-order valence-electron chi connectivity index (χ0n) is 9.01. The van der Waals surface area contributed by atoms with Crippen LogP contribution in [0.5, 0.6) is 0 Å². The number of hydrogen-bond acceptors (Lipinski definition) is 4. The number of rotatable bonds is 3. The smallest absolute Gasteiger partial charge is 0.114 e. The van der Waals surface area contributed by atoms with Crippen LogP contribution in [0.4, 0.5) is 0 Å². The summed E-state index contributed by atoms with van der Waals surface area (Å²) < 4.78 is 2.83. The van der Waals surface area contributed by atoms with Gasteiger partial charge in [0.2, 0.25) is 0 Å². The fraction of sp³-hybridized carbons (Fsp3) is 0.400. The summed E-state index contributed by atoms with van der Waals surface area (Å²) in [5.41, 5.74) is 0.818. The third-order valence-corrected chi connectivity index (χ3v) is 3.69. The molecular formula is C10H12BrN3OS. The first-order chi connectivity index (χ1) is 7.45. The Balaban J connectivity index is 2.14. The number of nitrogens with zero attached hydrogens (tertiary/aromatic N) is 3. The molecule has 0 aliphatic heterocycles. The topological polar surface area (TPSA) is 50.9 Å². The van der Waals surface area contributed by atoms with E-state index < -0.39 is 5.60 Å². The average molecular weight is 302 g/mol. The Labute approximate surface area is 106 Å². The fourth-order valence-electron chi connectivity index (χ4n) is 1.27. The van der Waals surface area contributed by atoms with Crippen LogP contribution in [0.3, 0.4) is 0 Å². The Morgan fingerprint density at radius 3 is 2.81 bits per heavy atom. The van der Waals surface area contributed by atoms with Crippen LogP contribution in [0.15, 0.2) is 21.4 Å². The van der Waals surface area contributed by atoms with E-state index in [1.54, 1.807) is 36.1 Å². The van der Waals surface area contributed by atoms with E-state index in [0.29, 0.717) is 12.2 Å². The largest absolute Gasteiger partial charge is 0.384 e. The summed E-state index contributed by atoms with van der Waals surface area (Å²) in [5.74, 6) is 0. The van der Waals surface area contributed by atoms with Gasteiger partial charge in [-0.2, -0.15) is 0 Å². The molecule has 2 heterocycles. The number of aromatic nitrogens is 3. The van der Waals surface area contributed by atoms with Gasteiger partial charge in [-0.15, -0.1) is 16.4 Å². The highest BCUT2D eigenvalue weighted by Gasteiger charge is 2.19. The molecule has 2 aromatic rings. The Morgan fingerprint density at radius 1 is 1.56 bits per heavy atom.